The molecule has 0 spiro atoms. The van der Waals surface area contributed by atoms with Crippen LogP contribution in [0.4, 0.5) is 0 Å². The number of carbonyl (C=O) groups is 2. The van der Waals surface area contributed by atoms with E-state index in [1.807, 2.05) is 50.4 Å². The number of aryl methyl sites for hydroxylation is 1. The van der Waals surface area contributed by atoms with Gasteiger partial charge < -0.3 is 10.3 Å². The number of halogens is 1. The smallest absolute Gasteiger partial charge is 0.233 e. The van der Waals surface area contributed by atoms with E-state index in [0.29, 0.717) is 22.8 Å². The molecule has 0 fully saturated rings. The number of H-pyrrole nitrogens is 1. The SMILES string of the molecule is CC(=O)c1c(C)[nH]c(C(=O)C[NH2+][C@H](C)c2ccc(Cl)cc2)c1C. The van der Waals surface area contributed by atoms with Gasteiger partial charge in [-0.1, -0.05) is 23.7 Å². The summed E-state index contributed by atoms with van der Waals surface area (Å²) in [5.74, 6) is -0.0206. The summed E-state index contributed by atoms with van der Waals surface area (Å²) >= 11 is 5.89. The minimum Gasteiger partial charge on any atom is -0.355 e. The Balaban J connectivity index is 2.07. The topological polar surface area (TPSA) is 66.5 Å². The lowest BCUT2D eigenvalue weighted by molar-refractivity contribution is -0.681. The Morgan fingerprint density at radius 1 is 1.22 bits per heavy atom. The second kappa shape index (κ2) is 7.11. The number of nitrogens with one attached hydrogen (secondary N) is 1. The molecule has 0 aliphatic carbocycles. The maximum absolute atomic E-state index is 12.4. The Morgan fingerprint density at radius 2 is 1.83 bits per heavy atom. The van der Waals surface area contributed by atoms with Gasteiger partial charge in [-0.2, -0.15) is 0 Å². The van der Waals surface area contributed by atoms with Gasteiger partial charge in [-0.05, 0) is 45.4 Å². The van der Waals surface area contributed by atoms with Crippen molar-refractivity contribution in [3.05, 3.63) is 57.4 Å². The third-order valence-electron chi connectivity index (χ3n) is 4.12. The van der Waals surface area contributed by atoms with Crippen LogP contribution in [0.1, 0.15) is 57.6 Å². The number of benzene rings is 1. The highest BCUT2D eigenvalue weighted by atomic mass is 35.5. The molecule has 2 rings (SSSR count). The summed E-state index contributed by atoms with van der Waals surface area (Å²) in [6.07, 6.45) is 0. The lowest BCUT2D eigenvalue weighted by atomic mass is 10.0. The van der Waals surface area contributed by atoms with Crippen molar-refractivity contribution in [3.63, 3.8) is 0 Å². The highest BCUT2D eigenvalue weighted by Gasteiger charge is 2.21. The highest BCUT2D eigenvalue weighted by Crippen LogP contribution is 2.18. The molecule has 4 nitrogen and oxygen atoms in total. The van der Waals surface area contributed by atoms with Crippen LogP contribution in [0.2, 0.25) is 5.02 Å². The van der Waals surface area contributed by atoms with Crippen LogP contribution in [0.15, 0.2) is 24.3 Å². The molecule has 0 aliphatic rings. The lowest BCUT2D eigenvalue weighted by Gasteiger charge is -2.10. The van der Waals surface area contributed by atoms with Gasteiger partial charge in [-0.3, -0.25) is 9.59 Å². The normalized spacial score (nSPS) is 12.2. The van der Waals surface area contributed by atoms with Crippen molar-refractivity contribution >= 4 is 23.2 Å². The average molecular weight is 334 g/mol. The van der Waals surface area contributed by atoms with Crippen molar-refractivity contribution < 1.29 is 14.9 Å². The fraction of sp³-hybridized carbons (Fsp3) is 0.333. The summed E-state index contributed by atoms with van der Waals surface area (Å²) in [6.45, 7) is 7.52. The molecule has 23 heavy (non-hydrogen) atoms. The predicted octanol–water partition coefficient (Wildman–Crippen LogP) is 2.99. The number of quaternary nitrogens is 1. The number of hydrogen-bond acceptors (Lipinski definition) is 2. The van der Waals surface area contributed by atoms with E-state index in [0.717, 1.165) is 16.8 Å². The Hall–Kier alpha value is -1.91. The van der Waals surface area contributed by atoms with Crippen LogP contribution in [0, 0.1) is 13.8 Å². The molecule has 0 radical (unpaired) electrons. The second-order valence-electron chi connectivity index (χ2n) is 5.88. The molecule has 0 saturated heterocycles. The first kappa shape index (κ1) is 17.4. The Bertz CT molecular complexity index is 732. The molecule has 2 aromatic rings. The zero-order valence-corrected chi connectivity index (χ0v) is 14.6. The Kier molecular flexibility index (Phi) is 5.39. The van der Waals surface area contributed by atoms with Crippen molar-refractivity contribution in [1.29, 1.82) is 0 Å². The first-order valence-corrected chi connectivity index (χ1v) is 8.01. The number of ketones is 2. The summed E-state index contributed by atoms with van der Waals surface area (Å²) in [5, 5.41) is 2.68. The van der Waals surface area contributed by atoms with Crippen LogP contribution in [-0.4, -0.2) is 23.1 Å². The average Bonchev–Trinajstić information content (AvgIpc) is 2.80. The molecule has 1 atom stereocenters. The van der Waals surface area contributed by atoms with Crippen molar-refractivity contribution in [2.45, 2.75) is 33.7 Å². The summed E-state index contributed by atoms with van der Waals surface area (Å²) < 4.78 is 0. The third kappa shape index (κ3) is 3.89. The molecule has 122 valence electrons. The monoisotopic (exact) mass is 333 g/mol. The van der Waals surface area contributed by atoms with E-state index in [1.165, 1.54) is 6.92 Å². The minimum atomic E-state index is -0.0196. The van der Waals surface area contributed by atoms with Crippen LogP contribution in [0.25, 0.3) is 0 Å². The largest absolute Gasteiger partial charge is 0.355 e. The molecule has 0 bridgehead atoms. The Labute approximate surface area is 141 Å². The summed E-state index contributed by atoms with van der Waals surface area (Å²) in [7, 11) is 0. The standard InChI is InChI=1S/C18H21ClN2O2/c1-10-17(13(4)22)12(3)21-18(10)16(23)9-20-11(2)14-5-7-15(19)8-6-14/h5-8,11,20-21H,9H2,1-4H3/p+1/t11-/m1/s1. The van der Waals surface area contributed by atoms with E-state index in [-0.39, 0.29) is 17.6 Å². The molecule has 0 aliphatic heterocycles. The molecule has 1 aromatic carbocycles. The molecular formula is C18H22ClN2O2+. The Morgan fingerprint density at radius 3 is 2.35 bits per heavy atom. The van der Waals surface area contributed by atoms with Crippen LogP contribution in [-0.2, 0) is 0 Å². The number of carbonyl (C=O) groups excluding carboxylic acids is 2. The fourth-order valence-electron chi connectivity index (χ4n) is 2.85. The van der Waals surface area contributed by atoms with E-state index in [1.54, 1.807) is 0 Å². The van der Waals surface area contributed by atoms with E-state index < -0.39 is 0 Å². The van der Waals surface area contributed by atoms with E-state index in [2.05, 4.69) is 4.98 Å². The van der Waals surface area contributed by atoms with Gasteiger partial charge in [0.05, 0.1) is 5.69 Å². The quantitative estimate of drug-likeness (QED) is 0.798. The third-order valence-corrected chi connectivity index (χ3v) is 4.37. The van der Waals surface area contributed by atoms with Gasteiger partial charge in [0.2, 0.25) is 5.78 Å². The number of rotatable bonds is 6. The lowest BCUT2D eigenvalue weighted by Crippen LogP contribution is -2.86. The van der Waals surface area contributed by atoms with E-state index in [4.69, 9.17) is 11.6 Å². The molecule has 0 saturated carbocycles. The number of hydrogen-bond donors (Lipinski definition) is 2. The highest BCUT2D eigenvalue weighted by molar-refractivity contribution is 6.30. The first-order chi connectivity index (χ1) is 10.8. The van der Waals surface area contributed by atoms with Crippen molar-refractivity contribution in [2.75, 3.05) is 6.54 Å². The maximum Gasteiger partial charge on any atom is 0.233 e. The number of aromatic nitrogens is 1. The van der Waals surface area contributed by atoms with Crippen LogP contribution < -0.4 is 5.32 Å². The summed E-state index contributed by atoms with van der Waals surface area (Å²) in [4.78, 5) is 27.2. The zero-order chi connectivity index (χ0) is 17.1. The van der Waals surface area contributed by atoms with Gasteiger partial charge >= 0.3 is 0 Å². The molecule has 1 heterocycles. The van der Waals surface area contributed by atoms with Gasteiger partial charge in [0.1, 0.15) is 12.6 Å². The van der Waals surface area contributed by atoms with Crippen LogP contribution >= 0.6 is 11.6 Å². The molecular weight excluding hydrogens is 312 g/mol. The van der Waals surface area contributed by atoms with Crippen molar-refractivity contribution in [2.24, 2.45) is 0 Å². The van der Waals surface area contributed by atoms with Crippen LogP contribution in [0.3, 0.4) is 0 Å². The predicted molar refractivity (Wildman–Crippen MR) is 91.3 cm³/mol. The van der Waals surface area contributed by atoms with Gasteiger partial charge in [-0.15, -0.1) is 0 Å². The van der Waals surface area contributed by atoms with Gasteiger partial charge in [-0.25, -0.2) is 0 Å². The molecule has 5 heteroatoms. The molecule has 1 aromatic heterocycles. The number of aromatic amines is 1. The van der Waals surface area contributed by atoms with Gasteiger partial charge in [0, 0.05) is 21.8 Å². The van der Waals surface area contributed by atoms with E-state index >= 15 is 0 Å². The summed E-state index contributed by atoms with van der Waals surface area (Å²) in [6, 6.07) is 7.78. The van der Waals surface area contributed by atoms with Crippen molar-refractivity contribution in [3.8, 4) is 0 Å². The molecule has 3 N–H and O–H groups in total. The number of nitrogens with two attached hydrogens (primary N) is 1. The maximum atomic E-state index is 12.4. The van der Waals surface area contributed by atoms with Gasteiger partial charge in [0.25, 0.3) is 0 Å². The fourth-order valence-corrected chi connectivity index (χ4v) is 2.97. The summed E-state index contributed by atoms with van der Waals surface area (Å²) in [5.41, 5.74) is 3.77. The molecule has 0 amide bonds. The first-order valence-electron chi connectivity index (χ1n) is 7.63. The number of Topliss-reactive ketones (excluding diaryl/α,β-unsaturated/α-hetero) is 2. The minimum absolute atomic E-state index is 0.00101. The van der Waals surface area contributed by atoms with Crippen molar-refractivity contribution in [1.82, 2.24) is 4.98 Å². The van der Waals surface area contributed by atoms with E-state index in [9.17, 15) is 9.59 Å². The molecule has 0 unspecified atom stereocenters. The second-order valence-corrected chi connectivity index (χ2v) is 6.32. The van der Waals surface area contributed by atoms with Crippen LogP contribution in [0.5, 0.6) is 0 Å². The van der Waals surface area contributed by atoms with Gasteiger partial charge in [0.15, 0.2) is 5.78 Å². The zero-order valence-electron chi connectivity index (χ0n) is 13.9.